The summed E-state index contributed by atoms with van der Waals surface area (Å²) in [5, 5.41) is 22.0. The third-order valence-corrected chi connectivity index (χ3v) is 6.72. The summed E-state index contributed by atoms with van der Waals surface area (Å²) in [4.78, 5) is 12.7. The van der Waals surface area contributed by atoms with Gasteiger partial charge in [0, 0.05) is 31.8 Å². The highest BCUT2D eigenvalue weighted by molar-refractivity contribution is 7.92. The Morgan fingerprint density at radius 2 is 1.90 bits per heavy atom. The highest BCUT2D eigenvalue weighted by Gasteiger charge is 2.31. The number of hydrogen-bond acceptors (Lipinski definition) is 8. The highest BCUT2D eigenvalue weighted by atomic mass is 32.2. The molecule has 168 valence electrons. The lowest BCUT2D eigenvalue weighted by molar-refractivity contribution is -0.384. The second-order valence-corrected chi connectivity index (χ2v) is 8.89. The molecule has 0 aromatic heterocycles. The number of nitro benzene ring substituents is 1. The molecule has 2 aromatic carbocycles. The Kier molecular flexibility index (Phi) is 7.44. The Balaban J connectivity index is 2.00. The van der Waals surface area contributed by atoms with Gasteiger partial charge in [-0.3, -0.25) is 19.3 Å². The smallest absolute Gasteiger partial charge is 0.271 e. The van der Waals surface area contributed by atoms with Crippen molar-refractivity contribution in [3.05, 3.63) is 58.6 Å². The summed E-state index contributed by atoms with van der Waals surface area (Å²) in [5.41, 5.74) is -0.298. The normalized spacial score (nSPS) is 15.9. The van der Waals surface area contributed by atoms with E-state index in [0.717, 1.165) is 10.4 Å². The molecule has 1 heterocycles. The van der Waals surface area contributed by atoms with Crippen molar-refractivity contribution >= 4 is 21.4 Å². The number of aliphatic hydroxyl groups is 1. The Morgan fingerprint density at radius 3 is 2.52 bits per heavy atom. The summed E-state index contributed by atoms with van der Waals surface area (Å²) in [6, 6.07) is 11.4. The minimum absolute atomic E-state index is 0.00197. The maximum Gasteiger partial charge on any atom is 0.271 e. The zero-order valence-electron chi connectivity index (χ0n) is 17.1. The number of ether oxygens (including phenoxy) is 2. The van der Waals surface area contributed by atoms with Crippen molar-refractivity contribution in [1.82, 2.24) is 4.90 Å². The summed E-state index contributed by atoms with van der Waals surface area (Å²) in [5.74, 6) is 0.142. The summed E-state index contributed by atoms with van der Waals surface area (Å²) in [6.45, 7) is 2.27. The molecule has 1 aliphatic rings. The minimum Gasteiger partial charge on any atom is -0.495 e. The molecule has 1 atom stereocenters. The van der Waals surface area contributed by atoms with Gasteiger partial charge < -0.3 is 14.6 Å². The zero-order valence-corrected chi connectivity index (χ0v) is 17.9. The second-order valence-electron chi connectivity index (χ2n) is 7.03. The molecule has 1 aliphatic heterocycles. The van der Waals surface area contributed by atoms with E-state index in [9.17, 15) is 23.6 Å². The first-order chi connectivity index (χ1) is 14.8. The SMILES string of the molecule is COc1ccc([N+](=O)[O-])cc1N(C[C@@H](O)CN1CCOCC1)S(=O)(=O)c1ccccc1. The molecule has 10 nitrogen and oxygen atoms in total. The van der Waals surface area contributed by atoms with E-state index in [0.29, 0.717) is 26.3 Å². The molecule has 3 rings (SSSR count). The van der Waals surface area contributed by atoms with Crippen molar-refractivity contribution in [3.8, 4) is 5.75 Å². The summed E-state index contributed by atoms with van der Waals surface area (Å²) >= 11 is 0. The monoisotopic (exact) mass is 451 g/mol. The largest absolute Gasteiger partial charge is 0.495 e. The molecule has 1 saturated heterocycles. The fourth-order valence-electron chi connectivity index (χ4n) is 3.36. The first-order valence-electron chi connectivity index (χ1n) is 9.71. The van der Waals surface area contributed by atoms with Crippen LogP contribution in [0.15, 0.2) is 53.4 Å². The molecule has 0 aliphatic carbocycles. The van der Waals surface area contributed by atoms with Gasteiger partial charge in [-0.2, -0.15) is 0 Å². The number of nitro groups is 1. The standard InChI is InChI=1S/C20H25N3O7S/c1-29-20-8-7-16(23(25)26)13-19(20)22(31(27,28)18-5-3-2-4-6-18)15-17(24)14-21-9-11-30-12-10-21/h2-8,13,17,24H,9-12,14-15H2,1H3/t17-/m0/s1. The fourth-order valence-corrected chi connectivity index (χ4v) is 4.89. The van der Waals surface area contributed by atoms with Gasteiger partial charge in [-0.05, 0) is 18.2 Å². The van der Waals surface area contributed by atoms with Crippen molar-refractivity contribution in [1.29, 1.82) is 0 Å². The van der Waals surface area contributed by atoms with Gasteiger partial charge in [-0.1, -0.05) is 18.2 Å². The van der Waals surface area contributed by atoms with Crippen LogP contribution in [0.5, 0.6) is 5.75 Å². The molecule has 0 amide bonds. The average Bonchev–Trinajstić information content (AvgIpc) is 2.78. The number of sulfonamides is 1. The van der Waals surface area contributed by atoms with Crippen LogP contribution in [0, 0.1) is 10.1 Å². The molecule has 31 heavy (non-hydrogen) atoms. The molecular weight excluding hydrogens is 426 g/mol. The van der Waals surface area contributed by atoms with Crippen molar-refractivity contribution < 1.29 is 27.9 Å². The van der Waals surface area contributed by atoms with Crippen LogP contribution in [0.2, 0.25) is 0 Å². The van der Waals surface area contributed by atoms with E-state index in [1.54, 1.807) is 18.2 Å². The Morgan fingerprint density at radius 1 is 1.23 bits per heavy atom. The molecule has 11 heteroatoms. The van der Waals surface area contributed by atoms with Gasteiger partial charge in [-0.15, -0.1) is 0 Å². The molecule has 2 aromatic rings. The number of methoxy groups -OCH3 is 1. The number of morpholine rings is 1. The Labute approximate surface area is 180 Å². The van der Waals surface area contributed by atoms with Gasteiger partial charge >= 0.3 is 0 Å². The number of benzene rings is 2. The van der Waals surface area contributed by atoms with Crippen LogP contribution in [0.3, 0.4) is 0 Å². The first kappa shape index (κ1) is 22.9. The van der Waals surface area contributed by atoms with Gasteiger partial charge in [0.25, 0.3) is 15.7 Å². The molecule has 0 unspecified atom stereocenters. The average molecular weight is 452 g/mol. The lowest BCUT2D eigenvalue weighted by atomic mass is 10.2. The third kappa shape index (κ3) is 5.50. The predicted molar refractivity (Wildman–Crippen MR) is 114 cm³/mol. The Bertz CT molecular complexity index is 995. The van der Waals surface area contributed by atoms with E-state index in [2.05, 4.69) is 0 Å². The summed E-state index contributed by atoms with van der Waals surface area (Å²) < 4.78 is 38.5. The molecular formula is C20H25N3O7S. The maximum atomic E-state index is 13.5. The molecule has 0 spiro atoms. The van der Waals surface area contributed by atoms with Crippen LogP contribution in [0.25, 0.3) is 0 Å². The molecule has 0 bridgehead atoms. The minimum atomic E-state index is -4.14. The second kappa shape index (κ2) is 10.1. The highest BCUT2D eigenvalue weighted by Crippen LogP contribution is 2.35. The van der Waals surface area contributed by atoms with Crippen molar-refractivity contribution in [2.24, 2.45) is 0 Å². The number of non-ortho nitro benzene ring substituents is 1. The number of aliphatic hydroxyl groups excluding tert-OH is 1. The maximum absolute atomic E-state index is 13.5. The lowest BCUT2D eigenvalue weighted by Gasteiger charge is -2.32. The van der Waals surface area contributed by atoms with Gasteiger partial charge in [0.2, 0.25) is 0 Å². The number of anilines is 1. The van der Waals surface area contributed by atoms with Crippen LogP contribution in [0.4, 0.5) is 11.4 Å². The van der Waals surface area contributed by atoms with Crippen LogP contribution in [0.1, 0.15) is 0 Å². The third-order valence-electron chi connectivity index (χ3n) is 4.92. The zero-order chi connectivity index (χ0) is 22.4. The Hall–Kier alpha value is -2.73. The number of β-amino-alcohol motifs (C(OH)–C–C–N with tert-alkyl or cyclic N) is 1. The van der Waals surface area contributed by atoms with E-state index in [-0.39, 0.29) is 35.1 Å². The first-order valence-corrected chi connectivity index (χ1v) is 11.2. The van der Waals surface area contributed by atoms with Crippen LogP contribution in [-0.2, 0) is 14.8 Å². The number of hydrogen-bond donors (Lipinski definition) is 1. The van der Waals surface area contributed by atoms with Gasteiger partial charge in [0.1, 0.15) is 11.4 Å². The van der Waals surface area contributed by atoms with E-state index < -0.39 is 21.1 Å². The predicted octanol–water partition coefficient (Wildman–Crippen LogP) is 1.49. The van der Waals surface area contributed by atoms with Crippen LogP contribution >= 0.6 is 0 Å². The van der Waals surface area contributed by atoms with Crippen molar-refractivity contribution in [2.75, 3.05) is 50.8 Å². The van der Waals surface area contributed by atoms with E-state index in [1.807, 2.05) is 4.90 Å². The van der Waals surface area contributed by atoms with E-state index in [1.165, 1.54) is 31.4 Å². The van der Waals surface area contributed by atoms with Crippen LogP contribution in [-0.4, -0.2) is 76.0 Å². The van der Waals surface area contributed by atoms with E-state index in [4.69, 9.17) is 9.47 Å². The quantitative estimate of drug-likeness (QED) is 0.449. The van der Waals surface area contributed by atoms with Crippen LogP contribution < -0.4 is 9.04 Å². The lowest BCUT2D eigenvalue weighted by Crippen LogP contribution is -2.46. The topological polar surface area (TPSA) is 122 Å². The van der Waals surface area contributed by atoms with Gasteiger partial charge in [0.15, 0.2) is 0 Å². The number of nitrogens with zero attached hydrogens (tertiary/aromatic N) is 3. The van der Waals surface area contributed by atoms with Gasteiger partial charge in [0.05, 0.1) is 42.8 Å². The number of rotatable bonds is 9. The fraction of sp³-hybridized carbons (Fsp3) is 0.400. The molecule has 0 saturated carbocycles. The molecule has 0 radical (unpaired) electrons. The van der Waals surface area contributed by atoms with Gasteiger partial charge in [-0.25, -0.2) is 8.42 Å². The molecule has 1 fully saturated rings. The molecule has 1 N–H and O–H groups in total. The van der Waals surface area contributed by atoms with Crippen molar-refractivity contribution in [3.63, 3.8) is 0 Å². The summed E-state index contributed by atoms with van der Waals surface area (Å²) in [6.07, 6.45) is -1.04. The summed E-state index contributed by atoms with van der Waals surface area (Å²) in [7, 11) is -2.79. The van der Waals surface area contributed by atoms with Crippen molar-refractivity contribution in [2.45, 2.75) is 11.0 Å². The van der Waals surface area contributed by atoms with E-state index >= 15 is 0 Å².